The van der Waals surface area contributed by atoms with Gasteiger partial charge in [-0.3, -0.25) is 0 Å². The molecule has 2 aromatic carbocycles. The summed E-state index contributed by atoms with van der Waals surface area (Å²) in [5.74, 6) is 1.72. The number of hydrogen-bond acceptors (Lipinski definition) is 5. The third-order valence-corrected chi connectivity index (χ3v) is 4.04. The maximum absolute atomic E-state index is 5.75. The summed E-state index contributed by atoms with van der Waals surface area (Å²) in [4.78, 5) is 8.69. The van der Waals surface area contributed by atoms with Crippen molar-refractivity contribution in [1.82, 2.24) is 9.97 Å². The van der Waals surface area contributed by atoms with Gasteiger partial charge in [-0.1, -0.05) is 0 Å². The van der Waals surface area contributed by atoms with Crippen LogP contribution in [0.4, 0.5) is 17.2 Å². The van der Waals surface area contributed by atoms with Crippen LogP contribution < -0.4 is 15.8 Å². The van der Waals surface area contributed by atoms with E-state index in [1.807, 2.05) is 42.5 Å². The number of fused-ring (bicyclic) bond motifs is 1. The first-order chi connectivity index (χ1) is 11.7. The van der Waals surface area contributed by atoms with E-state index in [1.54, 1.807) is 6.33 Å². The van der Waals surface area contributed by atoms with Gasteiger partial charge in [-0.2, -0.15) is 0 Å². The summed E-state index contributed by atoms with van der Waals surface area (Å²) in [6.45, 7) is 2.08. The molecule has 2 heterocycles. The molecule has 3 aromatic rings. The molecule has 1 atom stereocenters. The zero-order chi connectivity index (χ0) is 16.5. The van der Waals surface area contributed by atoms with Gasteiger partial charge in [0.15, 0.2) is 0 Å². The first kappa shape index (κ1) is 19.8. The van der Waals surface area contributed by atoms with Gasteiger partial charge in [0.2, 0.25) is 0 Å². The van der Waals surface area contributed by atoms with Crippen LogP contribution in [0.25, 0.3) is 11.3 Å². The molecule has 0 radical (unpaired) electrons. The maximum atomic E-state index is 5.75. The van der Waals surface area contributed by atoms with Crippen LogP contribution in [0.15, 0.2) is 54.9 Å². The predicted molar refractivity (Wildman–Crippen MR) is 110 cm³/mol. The van der Waals surface area contributed by atoms with Crippen molar-refractivity contribution in [2.24, 2.45) is 0 Å². The Kier molecular flexibility index (Phi) is 6.29. The van der Waals surface area contributed by atoms with E-state index >= 15 is 0 Å². The molecule has 1 aromatic heterocycles. The lowest BCUT2D eigenvalue weighted by molar-refractivity contribution is 0.254. The van der Waals surface area contributed by atoms with E-state index in [2.05, 4.69) is 28.3 Å². The summed E-state index contributed by atoms with van der Waals surface area (Å²) in [6, 6.07) is 15.7. The summed E-state index contributed by atoms with van der Waals surface area (Å²) in [6.07, 6.45) is 2.75. The number of benzene rings is 2. The fourth-order valence-electron chi connectivity index (χ4n) is 2.88. The molecule has 3 N–H and O–H groups in total. The van der Waals surface area contributed by atoms with Gasteiger partial charge in [-0.15, -0.1) is 24.8 Å². The number of nitrogen functional groups attached to an aromatic ring is 1. The summed E-state index contributed by atoms with van der Waals surface area (Å²) in [5.41, 5.74) is 10.6. The van der Waals surface area contributed by atoms with Gasteiger partial charge in [0.05, 0.1) is 5.69 Å². The fraction of sp³-hybridized carbons (Fsp3) is 0.158. The summed E-state index contributed by atoms with van der Waals surface area (Å²) in [5, 5.41) is 3.27. The van der Waals surface area contributed by atoms with Crippen molar-refractivity contribution < 1.29 is 4.74 Å². The molecule has 1 aliphatic rings. The molecular weight excluding hydrogens is 371 g/mol. The zero-order valence-corrected chi connectivity index (χ0v) is 15.8. The van der Waals surface area contributed by atoms with Crippen LogP contribution in [0, 0.1) is 0 Å². The number of nitrogens with one attached hydrogen (secondary N) is 1. The van der Waals surface area contributed by atoms with E-state index in [0.29, 0.717) is 0 Å². The molecule has 1 aliphatic heterocycles. The number of ether oxygens (including phenoxy) is 1. The lowest BCUT2D eigenvalue weighted by Gasteiger charge is -2.08. The molecule has 1 unspecified atom stereocenters. The molecule has 136 valence electrons. The maximum Gasteiger partial charge on any atom is 0.134 e. The molecule has 0 spiro atoms. The molecule has 5 nitrogen and oxygen atoms in total. The molecule has 0 saturated heterocycles. The van der Waals surface area contributed by atoms with Crippen molar-refractivity contribution in [3.63, 3.8) is 0 Å². The number of aromatic nitrogens is 2. The van der Waals surface area contributed by atoms with Gasteiger partial charge < -0.3 is 15.8 Å². The summed E-state index contributed by atoms with van der Waals surface area (Å²) in [7, 11) is 0. The van der Waals surface area contributed by atoms with Crippen molar-refractivity contribution >= 4 is 42.0 Å². The Balaban J connectivity index is 0.00000121. The second-order valence-electron chi connectivity index (χ2n) is 5.99. The quantitative estimate of drug-likeness (QED) is 0.637. The highest BCUT2D eigenvalue weighted by molar-refractivity contribution is 5.85. The Labute approximate surface area is 164 Å². The van der Waals surface area contributed by atoms with Crippen molar-refractivity contribution in [1.29, 1.82) is 0 Å². The largest absolute Gasteiger partial charge is 0.490 e. The average Bonchev–Trinajstić information content (AvgIpc) is 2.96. The molecule has 0 aliphatic carbocycles. The van der Waals surface area contributed by atoms with E-state index < -0.39 is 0 Å². The second kappa shape index (κ2) is 8.25. The molecule has 0 bridgehead atoms. The van der Waals surface area contributed by atoms with Crippen LogP contribution in [0.1, 0.15) is 12.5 Å². The van der Waals surface area contributed by atoms with Gasteiger partial charge in [0, 0.05) is 29.4 Å². The van der Waals surface area contributed by atoms with E-state index in [4.69, 9.17) is 10.5 Å². The lowest BCUT2D eigenvalue weighted by Crippen LogP contribution is -2.05. The average molecular weight is 391 g/mol. The minimum atomic E-state index is 0. The minimum absolute atomic E-state index is 0. The van der Waals surface area contributed by atoms with Crippen LogP contribution in [0.2, 0.25) is 0 Å². The molecule has 7 heteroatoms. The Morgan fingerprint density at radius 1 is 1.04 bits per heavy atom. The highest BCUT2D eigenvalue weighted by Gasteiger charge is 2.19. The number of halogens is 2. The van der Waals surface area contributed by atoms with Crippen molar-refractivity contribution in [3.05, 3.63) is 60.4 Å². The Morgan fingerprint density at radius 2 is 1.81 bits per heavy atom. The van der Waals surface area contributed by atoms with Gasteiger partial charge in [0.25, 0.3) is 0 Å². The number of hydrogen-bond donors (Lipinski definition) is 2. The van der Waals surface area contributed by atoms with E-state index in [-0.39, 0.29) is 30.9 Å². The molecule has 4 rings (SSSR count). The molecule has 0 amide bonds. The fourth-order valence-corrected chi connectivity index (χ4v) is 2.88. The minimum Gasteiger partial charge on any atom is -0.490 e. The van der Waals surface area contributed by atoms with Crippen LogP contribution in [-0.2, 0) is 6.42 Å². The van der Waals surface area contributed by atoms with Gasteiger partial charge in [0.1, 0.15) is 24.0 Å². The second-order valence-corrected chi connectivity index (χ2v) is 5.99. The first-order valence-corrected chi connectivity index (χ1v) is 7.92. The van der Waals surface area contributed by atoms with Crippen molar-refractivity contribution in [2.75, 3.05) is 11.1 Å². The van der Waals surface area contributed by atoms with Crippen LogP contribution in [0.5, 0.6) is 5.75 Å². The summed E-state index contributed by atoms with van der Waals surface area (Å²) >= 11 is 0. The monoisotopic (exact) mass is 390 g/mol. The van der Waals surface area contributed by atoms with Gasteiger partial charge in [-0.05, 0) is 55.0 Å². The van der Waals surface area contributed by atoms with Crippen LogP contribution in [0.3, 0.4) is 0 Å². The highest BCUT2D eigenvalue weighted by atomic mass is 35.5. The third-order valence-electron chi connectivity index (χ3n) is 4.04. The number of anilines is 3. The number of nitrogens with zero attached hydrogens (tertiary/aromatic N) is 2. The smallest absolute Gasteiger partial charge is 0.134 e. The summed E-state index contributed by atoms with van der Waals surface area (Å²) < 4.78 is 5.75. The Morgan fingerprint density at radius 3 is 2.58 bits per heavy atom. The topological polar surface area (TPSA) is 73.1 Å². The third kappa shape index (κ3) is 4.18. The Bertz CT molecular complexity index is 887. The van der Waals surface area contributed by atoms with E-state index in [9.17, 15) is 0 Å². The first-order valence-electron chi connectivity index (χ1n) is 7.92. The van der Waals surface area contributed by atoms with E-state index in [1.165, 1.54) is 5.56 Å². The Hall–Kier alpha value is -2.50. The standard InChI is InChI=1S/C19H18N4O.2ClH/c1-12-8-14-9-13(2-7-18(14)24-12)17-10-19(22-11-21-17)23-16-5-3-15(20)4-6-16;;/h2-7,9-12H,8,20H2,1H3,(H,21,22,23);2*1H. The normalized spacial score (nSPS) is 14.4. The lowest BCUT2D eigenvalue weighted by atomic mass is 10.0. The highest BCUT2D eigenvalue weighted by Crippen LogP contribution is 2.32. The number of nitrogens with two attached hydrogens (primary N) is 1. The van der Waals surface area contributed by atoms with Crippen LogP contribution in [-0.4, -0.2) is 16.1 Å². The number of rotatable bonds is 3. The van der Waals surface area contributed by atoms with Crippen molar-refractivity contribution in [3.8, 4) is 17.0 Å². The molecule has 0 saturated carbocycles. The molecule has 26 heavy (non-hydrogen) atoms. The molecular formula is C19H20Cl2N4O. The SMILES string of the molecule is CC1Cc2cc(-c3cc(Nc4ccc(N)cc4)ncn3)ccc2O1.Cl.Cl. The van der Waals surface area contributed by atoms with E-state index in [0.717, 1.165) is 40.6 Å². The van der Waals surface area contributed by atoms with Crippen LogP contribution >= 0.6 is 24.8 Å². The van der Waals surface area contributed by atoms with Gasteiger partial charge in [-0.25, -0.2) is 9.97 Å². The van der Waals surface area contributed by atoms with Gasteiger partial charge >= 0.3 is 0 Å². The van der Waals surface area contributed by atoms with Crippen molar-refractivity contribution in [2.45, 2.75) is 19.4 Å². The zero-order valence-electron chi connectivity index (χ0n) is 14.2. The molecule has 0 fully saturated rings. The predicted octanol–water partition coefficient (Wildman–Crippen LogP) is 4.64.